The van der Waals surface area contributed by atoms with Gasteiger partial charge in [0.15, 0.2) is 0 Å². The number of carbonyl (C=O) groups is 2. The number of nitrogens with zero attached hydrogens (tertiary/aromatic N) is 4. The number of amides is 1. The minimum absolute atomic E-state index is 0.0822. The second kappa shape index (κ2) is 12.2. The fourth-order valence-electron chi connectivity index (χ4n) is 6.75. The zero-order chi connectivity index (χ0) is 30.1. The SMILES string of the molecule is Cc1c2ccc3c1nnn3CCCCCCc1ccc(cc1CC(F)F)C(=O)N1CCc3ccc(cc3C1)[C@@H]2CC(=O)O. The number of carboxylic acid groups (broad SMARTS) is 1. The molecule has 43 heavy (non-hydrogen) atoms. The molecule has 0 spiro atoms. The topological polar surface area (TPSA) is 88.3 Å². The predicted molar refractivity (Wildman–Crippen MR) is 160 cm³/mol. The van der Waals surface area contributed by atoms with Gasteiger partial charge in [0.1, 0.15) is 5.52 Å². The summed E-state index contributed by atoms with van der Waals surface area (Å²) in [5.41, 5.74) is 8.36. The molecule has 0 unspecified atom stereocenters. The molecule has 1 N–H and O–H groups in total. The molecule has 6 heterocycles. The summed E-state index contributed by atoms with van der Waals surface area (Å²) in [6.45, 7) is 3.60. The summed E-state index contributed by atoms with van der Waals surface area (Å²) in [5.74, 6) is -1.47. The quantitative estimate of drug-likeness (QED) is 0.296. The third-order valence-electron chi connectivity index (χ3n) is 9.06. The van der Waals surface area contributed by atoms with E-state index in [1.54, 1.807) is 17.0 Å². The fourth-order valence-corrected chi connectivity index (χ4v) is 6.75. The van der Waals surface area contributed by atoms with Crippen molar-refractivity contribution in [3.63, 3.8) is 0 Å². The van der Waals surface area contributed by atoms with E-state index < -0.39 is 18.3 Å². The summed E-state index contributed by atoms with van der Waals surface area (Å²) < 4.78 is 29.0. The van der Waals surface area contributed by atoms with E-state index in [0.29, 0.717) is 43.6 Å². The highest BCUT2D eigenvalue weighted by Crippen LogP contribution is 2.35. The molecule has 5 aliphatic heterocycles. The Morgan fingerprint density at radius 2 is 1.79 bits per heavy atom. The molecule has 5 aliphatic rings. The number of rotatable bonds is 4. The van der Waals surface area contributed by atoms with Crippen molar-refractivity contribution >= 4 is 22.9 Å². The van der Waals surface area contributed by atoms with Gasteiger partial charge in [-0.2, -0.15) is 0 Å². The number of carboxylic acids is 1. The Hall–Kier alpha value is -4.14. The molecule has 1 amide bonds. The van der Waals surface area contributed by atoms with Crippen LogP contribution in [0.1, 0.15) is 87.3 Å². The first kappa shape index (κ1) is 29.0. The molecule has 0 saturated carbocycles. The average molecular weight is 587 g/mol. The number of halogens is 2. The number of benzene rings is 3. The summed E-state index contributed by atoms with van der Waals surface area (Å²) in [6.07, 6.45) is 2.13. The highest BCUT2D eigenvalue weighted by atomic mass is 19.3. The molecule has 224 valence electrons. The van der Waals surface area contributed by atoms with Crippen LogP contribution in [0.5, 0.6) is 0 Å². The maximum absolute atomic E-state index is 13.6. The highest BCUT2D eigenvalue weighted by Gasteiger charge is 2.27. The second-order valence-corrected chi connectivity index (χ2v) is 11.9. The van der Waals surface area contributed by atoms with Gasteiger partial charge in [-0.25, -0.2) is 13.5 Å². The van der Waals surface area contributed by atoms with Gasteiger partial charge in [-0.05, 0) is 89.8 Å². The van der Waals surface area contributed by atoms with Crippen LogP contribution in [0.25, 0.3) is 11.0 Å². The monoisotopic (exact) mass is 586 g/mol. The average Bonchev–Trinajstić information content (AvgIpc) is 3.40. The number of aryl methyl sites for hydroxylation is 3. The first-order valence-corrected chi connectivity index (χ1v) is 15.1. The Kier molecular flexibility index (Phi) is 8.23. The Balaban J connectivity index is 1.41. The number of aromatic nitrogens is 3. The molecule has 7 nitrogen and oxygen atoms in total. The molecule has 3 aromatic carbocycles. The Morgan fingerprint density at radius 1 is 0.977 bits per heavy atom. The molecule has 9 bridgehead atoms. The first-order valence-electron chi connectivity index (χ1n) is 15.1. The van der Waals surface area contributed by atoms with Gasteiger partial charge in [0.25, 0.3) is 5.91 Å². The van der Waals surface area contributed by atoms with Gasteiger partial charge in [0.2, 0.25) is 6.43 Å². The van der Waals surface area contributed by atoms with Crippen molar-refractivity contribution in [2.24, 2.45) is 0 Å². The van der Waals surface area contributed by atoms with Crippen LogP contribution in [0.15, 0.2) is 48.5 Å². The third-order valence-corrected chi connectivity index (χ3v) is 9.06. The Bertz CT molecular complexity index is 1680. The smallest absolute Gasteiger partial charge is 0.304 e. The van der Waals surface area contributed by atoms with Gasteiger partial charge >= 0.3 is 5.97 Å². The molecule has 0 fully saturated rings. The predicted octanol–water partition coefficient (Wildman–Crippen LogP) is 6.47. The number of carbonyl (C=O) groups excluding carboxylic acids is 1. The summed E-state index contributed by atoms with van der Waals surface area (Å²) in [4.78, 5) is 27.5. The molecular formula is C34H36F2N4O3. The lowest BCUT2D eigenvalue weighted by molar-refractivity contribution is -0.137. The summed E-state index contributed by atoms with van der Waals surface area (Å²) in [6, 6.07) is 15.3. The first-order chi connectivity index (χ1) is 20.8. The van der Waals surface area contributed by atoms with Crippen molar-refractivity contribution in [2.45, 2.75) is 83.7 Å². The molecule has 0 aliphatic carbocycles. The van der Waals surface area contributed by atoms with Gasteiger partial charge in [0, 0.05) is 37.5 Å². The summed E-state index contributed by atoms with van der Waals surface area (Å²) >= 11 is 0. The number of aliphatic carboxylic acids is 1. The van der Waals surface area contributed by atoms with Gasteiger partial charge < -0.3 is 10.0 Å². The minimum atomic E-state index is -2.49. The number of alkyl halides is 2. The third kappa shape index (κ3) is 6.03. The largest absolute Gasteiger partial charge is 0.481 e. The van der Waals surface area contributed by atoms with Crippen molar-refractivity contribution < 1.29 is 23.5 Å². The van der Waals surface area contributed by atoms with E-state index in [1.165, 1.54) is 0 Å². The number of hydrogen-bond donors (Lipinski definition) is 1. The summed E-state index contributed by atoms with van der Waals surface area (Å²) in [7, 11) is 0. The molecule has 1 aromatic heterocycles. The van der Waals surface area contributed by atoms with Crippen molar-refractivity contribution in [1.82, 2.24) is 19.9 Å². The van der Waals surface area contributed by atoms with E-state index in [2.05, 4.69) is 10.3 Å². The molecule has 0 saturated heterocycles. The van der Waals surface area contributed by atoms with Gasteiger partial charge in [-0.3, -0.25) is 9.59 Å². The van der Waals surface area contributed by atoms with E-state index >= 15 is 0 Å². The molecule has 1 atom stereocenters. The van der Waals surface area contributed by atoms with Crippen LogP contribution < -0.4 is 0 Å². The lowest BCUT2D eigenvalue weighted by atomic mass is 9.83. The Morgan fingerprint density at radius 3 is 2.60 bits per heavy atom. The normalized spacial score (nSPS) is 17.6. The van der Waals surface area contributed by atoms with Gasteiger partial charge in [0.05, 0.1) is 11.9 Å². The van der Waals surface area contributed by atoms with Gasteiger partial charge in [-0.15, -0.1) is 5.10 Å². The maximum atomic E-state index is 13.6. The minimum Gasteiger partial charge on any atom is -0.481 e. The van der Waals surface area contributed by atoms with Crippen LogP contribution in [-0.2, 0) is 37.1 Å². The van der Waals surface area contributed by atoms with E-state index in [0.717, 1.165) is 70.1 Å². The van der Waals surface area contributed by atoms with Crippen molar-refractivity contribution in [3.05, 3.63) is 93.0 Å². The van der Waals surface area contributed by atoms with Crippen LogP contribution >= 0.6 is 0 Å². The van der Waals surface area contributed by atoms with Gasteiger partial charge in [-0.1, -0.05) is 48.4 Å². The van der Waals surface area contributed by atoms with Crippen molar-refractivity contribution in [3.8, 4) is 0 Å². The molecule has 4 aromatic rings. The molecule has 0 radical (unpaired) electrons. The highest BCUT2D eigenvalue weighted by molar-refractivity contribution is 5.94. The van der Waals surface area contributed by atoms with Crippen LogP contribution in [0, 0.1) is 6.92 Å². The van der Waals surface area contributed by atoms with E-state index in [9.17, 15) is 23.5 Å². The Labute approximate surface area is 249 Å². The van der Waals surface area contributed by atoms with Crippen LogP contribution in [-0.4, -0.2) is 49.8 Å². The lowest BCUT2D eigenvalue weighted by Gasteiger charge is -2.30. The lowest BCUT2D eigenvalue weighted by Crippen LogP contribution is -2.36. The van der Waals surface area contributed by atoms with E-state index in [4.69, 9.17) is 0 Å². The van der Waals surface area contributed by atoms with Crippen LogP contribution in [0.4, 0.5) is 8.78 Å². The van der Waals surface area contributed by atoms with E-state index in [1.807, 2.05) is 48.0 Å². The van der Waals surface area contributed by atoms with Crippen molar-refractivity contribution in [1.29, 1.82) is 0 Å². The molecule has 9 heteroatoms. The zero-order valence-electron chi connectivity index (χ0n) is 24.4. The van der Waals surface area contributed by atoms with Crippen molar-refractivity contribution in [2.75, 3.05) is 6.54 Å². The van der Waals surface area contributed by atoms with Crippen LogP contribution in [0.2, 0.25) is 0 Å². The van der Waals surface area contributed by atoms with Crippen LogP contribution in [0.3, 0.4) is 0 Å². The fraction of sp³-hybridized carbons (Fsp3) is 0.412. The zero-order valence-corrected chi connectivity index (χ0v) is 24.4. The summed E-state index contributed by atoms with van der Waals surface area (Å²) in [5, 5.41) is 18.8. The standard InChI is InChI=1S/C34H36F2N4O3/c1-21-28-11-12-30-33(21)37-38-40(30)14-5-3-2-4-6-22-8-10-25(17-26(22)18-31(35)36)34(43)39-15-13-23-7-9-24(16-27(23)20-39)29(28)19-32(41)42/h7-12,16-17,29,31H,2-6,13-15,18-20H2,1H3,(H,41,42)/t29-/m0/s1. The number of hydrogen-bond acceptors (Lipinski definition) is 4. The van der Waals surface area contributed by atoms with E-state index in [-0.39, 0.29) is 18.7 Å². The molecular weight excluding hydrogens is 550 g/mol. The maximum Gasteiger partial charge on any atom is 0.304 e. The second-order valence-electron chi connectivity index (χ2n) is 11.9. The molecule has 9 rings (SSSR count).